The minimum absolute atomic E-state index is 0.0800. The summed E-state index contributed by atoms with van der Waals surface area (Å²) in [6.07, 6.45) is 0. The molecule has 2 aromatic carbocycles. The van der Waals surface area contributed by atoms with Gasteiger partial charge < -0.3 is 0 Å². The van der Waals surface area contributed by atoms with Gasteiger partial charge in [0.05, 0.1) is 6.04 Å². The van der Waals surface area contributed by atoms with E-state index in [0.29, 0.717) is 0 Å². The van der Waals surface area contributed by atoms with Gasteiger partial charge in [0.25, 0.3) is 0 Å². The van der Waals surface area contributed by atoms with Crippen LogP contribution in [0.4, 0.5) is 13.2 Å². The van der Waals surface area contributed by atoms with E-state index in [0.717, 1.165) is 18.2 Å². The van der Waals surface area contributed by atoms with Gasteiger partial charge in [-0.2, -0.15) is 0 Å². The highest BCUT2D eigenvalue weighted by Gasteiger charge is 2.20. The Bertz CT molecular complexity index is 604. The van der Waals surface area contributed by atoms with E-state index in [1.54, 1.807) is 0 Å². The first-order valence-corrected chi connectivity index (χ1v) is 5.76. The molecule has 19 heavy (non-hydrogen) atoms. The molecule has 0 aliphatic carbocycles. The molecule has 0 heterocycles. The Kier molecular flexibility index (Phi) is 4.09. The van der Waals surface area contributed by atoms with E-state index in [1.807, 2.05) is 0 Å². The van der Waals surface area contributed by atoms with Gasteiger partial charge in [0.15, 0.2) is 0 Å². The van der Waals surface area contributed by atoms with Crippen molar-refractivity contribution in [2.75, 3.05) is 0 Å². The van der Waals surface area contributed by atoms with Gasteiger partial charge in [-0.05, 0) is 29.8 Å². The third kappa shape index (κ3) is 2.89. The molecule has 0 bridgehead atoms. The third-order valence-corrected chi connectivity index (χ3v) is 3.05. The van der Waals surface area contributed by atoms with Crippen molar-refractivity contribution in [2.24, 2.45) is 5.84 Å². The molecule has 2 rings (SSSR count). The lowest BCUT2D eigenvalue weighted by atomic mass is 9.98. The normalized spacial score (nSPS) is 12.5. The summed E-state index contributed by atoms with van der Waals surface area (Å²) in [6.45, 7) is 0. The van der Waals surface area contributed by atoms with Crippen LogP contribution >= 0.6 is 11.6 Å². The average Bonchev–Trinajstić information content (AvgIpc) is 2.36. The molecule has 2 nitrogen and oxygen atoms in total. The first kappa shape index (κ1) is 13.9. The Morgan fingerprint density at radius 3 is 2.21 bits per heavy atom. The number of nitrogens with one attached hydrogen (secondary N) is 1. The summed E-state index contributed by atoms with van der Waals surface area (Å²) in [5.41, 5.74) is 2.70. The standard InChI is InChI=1S/C13H10ClF3N2/c14-11-4-2-7(15)5-10(11)13(19-18)9-3-1-8(16)6-12(9)17/h1-6,13,19H,18H2. The zero-order chi connectivity index (χ0) is 14.0. The van der Waals surface area contributed by atoms with E-state index in [9.17, 15) is 13.2 Å². The van der Waals surface area contributed by atoms with Gasteiger partial charge in [-0.3, -0.25) is 5.84 Å². The number of halogens is 4. The van der Waals surface area contributed by atoms with Crippen molar-refractivity contribution in [3.63, 3.8) is 0 Å². The molecule has 0 aromatic heterocycles. The first-order chi connectivity index (χ1) is 9.02. The minimum atomic E-state index is -0.871. The van der Waals surface area contributed by atoms with Crippen molar-refractivity contribution < 1.29 is 13.2 Å². The molecule has 2 aromatic rings. The van der Waals surface area contributed by atoms with Crippen LogP contribution in [-0.2, 0) is 0 Å². The summed E-state index contributed by atoms with van der Waals surface area (Å²) in [7, 11) is 0. The monoisotopic (exact) mass is 286 g/mol. The Morgan fingerprint density at radius 1 is 0.947 bits per heavy atom. The van der Waals surface area contributed by atoms with Crippen molar-refractivity contribution in [3.8, 4) is 0 Å². The molecule has 0 radical (unpaired) electrons. The lowest BCUT2D eigenvalue weighted by Gasteiger charge is -2.19. The third-order valence-electron chi connectivity index (χ3n) is 2.71. The maximum atomic E-state index is 13.7. The van der Waals surface area contributed by atoms with Gasteiger partial charge in [0, 0.05) is 16.7 Å². The summed E-state index contributed by atoms with van der Waals surface area (Å²) in [6, 6.07) is 5.86. The van der Waals surface area contributed by atoms with Gasteiger partial charge in [-0.15, -0.1) is 0 Å². The van der Waals surface area contributed by atoms with Crippen LogP contribution in [0, 0.1) is 17.5 Å². The van der Waals surface area contributed by atoms with Gasteiger partial charge >= 0.3 is 0 Å². The van der Waals surface area contributed by atoms with E-state index in [4.69, 9.17) is 17.4 Å². The van der Waals surface area contributed by atoms with Crippen LogP contribution in [0.2, 0.25) is 5.02 Å². The fourth-order valence-electron chi connectivity index (χ4n) is 1.82. The largest absolute Gasteiger partial charge is 0.271 e. The SMILES string of the molecule is NNC(c1ccc(F)cc1F)c1cc(F)ccc1Cl. The second-order valence-corrected chi connectivity index (χ2v) is 4.34. The van der Waals surface area contributed by atoms with E-state index in [2.05, 4.69) is 5.43 Å². The van der Waals surface area contributed by atoms with Crippen LogP contribution in [0.25, 0.3) is 0 Å². The number of rotatable bonds is 3. The molecular weight excluding hydrogens is 277 g/mol. The molecule has 0 aliphatic heterocycles. The maximum absolute atomic E-state index is 13.7. The molecule has 0 saturated carbocycles. The van der Waals surface area contributed by atoms with Gasteiger partial charge in [-0.1, -0.05) is 17.7 Å². The van der Waals surface area contributed by atoms with Gasteiger partial charge in [0.2, 0.25) is 0 Å². The smallest absolute Gasteiger partial charge is 0.131 e. The average molecular weight is 287 g/mol. The Morgan fingerprint density at radius 2 is 1.58 bits per heavy atom. The van der Waals surface area contributed by atoms with E-state index < -0.39 is 23.5 Å². The summed E-state index contributed by atoms with van der Waals surface area (Å²) >= 11 is 5.94. The molecule has 1 unspecified atom stereocenters. The van der Waals surface area contributed by atoms with Crippen molar-refractivity contribution in [1.29, 1.82) is 0 Å². The van der Waals surface area contributed by atoms with Crippen LogP contribution < -0.4 is 11.3 Å². The molecule has 3 N–H and O–H groups in total. The Balaban J connectivity index is 2.52. The number of benzene rings is 2. The number of hydrogen-bond donors (Lipinski definition) is 2. The zero-order valence-electron chi connectivity index (χ0n) is 9.63. The number of hydrazine groups is 1. The quantitative estimate of drug-likeness (QED) is 0.671. The van der Waals surface area contributed by atoms with Crippen molar-refractivity contribution in [1.82, 2.24) is 5.43 Å². The summed E-state index contributed by atoms with van der Waals surface area (Å²) in [4.78, 5) is 0. The summed E-state index contributed by atoms with van der Waals surface area (Å²) in [5, 5.41) is 0.230. The lowest BCUT2D eigenvalue weighted by Crippen LogP contribution is -2.30. The van der Waals surface area contributed by atoms with Gasteiger partial charge in [0.1, 0.15) is 17.5 Å². The second kappa shape index (κ2) is 5.61. The molecule has 0 fully saturated rings. The van der Waals surface area contributed by atoms with E-state index in [-0.39, 0.29) is 16.1 Å². The van der Waals surface area contributed by atoms with Crippen LogP contribution in [0.3, 0.4) is 0 Å². The predicted octanol–water partition coefficient (Wildman–Crippen LogP) is 3.31. The zero-order valence-corrected chi connectivity index (χ0v) is 10.4. The molecule has 0 saturated heterocycles. The lowest BCUT2D eigenvalue weighted by molar-refractivity contribution is 0.539. The van der Waals surface area contributed by atoms with Crippen LogP contribution in [0.15, 0.2) is 36.4 Å². The van der Waals surface area contributed by atoms with E-state index in [1.165, 1.54) is 18.2 Å². The fraction of sp³-hybridized carbons (Fsp3) is 0.0769. The maximum Gasteiger partial charge on any atom is 0.131 e. The molecule has 0 spiro atoms. The molecule has 0 amide bonds. The summed E-state index contributed by atoms with van der Waals surface area (Å²) in [5.74, 6) is 3.35. The van der Waals surface area contributed by atoms with Crippen LogP contribution in [0.5, 0.6) is 0 Å². The van der Waals surface area contributed by atoms with Gasteiger partial charge in [-0.25, -0.2) is 18.6 Å². The highest BCUT2D eigenvalue weighted by molar-refractivity contribution is 6.31. The molecular formula is C13H10ClF3N2. The van der Waals surface area contributed by atoms with Crippen molar-refractivity contribution in [2.45, 2.75) is 6.04 Å². The first-order valence-electron chi connectivity index (χ1n) is 5.39. The molecule has 6 heteroatoms. The fourth-order valence-corrected chi connectivity index (χ4v) is 2.05. The molecule has 1 atom stereocenters. The second-order valence-electron chi connectivity index (χ2n) is 3.93. The van der Waals surface area contributed by atoms with Crippen LogP contribution in [-0.4, -0.2) is 0 Å². The van der Waals surface area contributed by atoms with Crippen molar-refractivity contribution in [3.05, 3.63) is 70.0 Å². The van der Waals surface area contributed by atoms with Crippen molar-refractivity contribution >= 4 is 11.6 Å². The molecule has 100 valence electrons. The topological polar surface area (TPSA) is 38.0 Å². The highest BCUT2D eigenvalue weighted by Crippen LogP contribution is 2.30. The van der Waals surface area contributed by atoms with E-state index >= 15 is 0 Å². The number of hydrogen-bond acceptors (Lipinski definition) is 2. The Labute approximate surface area is 113 Å². The van der Waals surface area contributed by atoms with Crippen LogP contribution in [0.1, 0.15) is 17.2 Å². The summed E-state index contributed by atoms with van der Waals surface area (Å²) < 4.78 is 39.9. The number of nitrogens with two attached hydrogens (primary N) is 1. The highest BCUT2D eigenvalue weighted by atomic mass is 35.5. The molecule has 0 aliphatic rings. The minimum Gasteiger partial charge on any atom is -0.271 e. The Hall–Kier alpha value is -1.56. The predicted molar refractivity (Wildman–Crippen MR) is 66.9 cm³/mol.